The minimum Gasteiger partial charge on any atom is -0.455 e. The Morgan fingerprint density at radius 2 is 0.826 bits per heavy atom. The standard InChI is InChI=1S/C40H24N4O2/c41-25-27-17-21-29(22-18-27)45-37-15-7-5-13-35(37)43-33-11-3-1-9-31(33)39-32-10-2-4-12-34(32)44(40(39)43)36-14-6-8-16-38(36)46-30-23-19-28(26-42)20-24-30/h1-24H. The van der Waals surface area contributed by atoms with E-state index >= 15 is 0 Å². The van der Waals surface area contributed by atoms with Gasteiger partial charge in [-0.2, -0.15) is 10.5 Å². The first-order valence-electron chi connectivity index (χ1n) is 14.8. The summed E-state index contributed by atoms with van der Waals surface area (Å²) in [4.78, 5) is 0. The molecule has 8 aromatic rings. The fraction of sp³-hybridized carbons (Fsp3) is 0. The van der Waals surface area contributed by atoms with Crippen LogP contribution in [0.5, 0.6) is 23.0 Å². The summed E-state index contributed by atoms with van der Waals surface area (Å²) < 4.78 is 17.5. The van der Waals surface area contributed by atoms with Crippen LogP contribution in [0.3, 0.4) is 0 Å². The lowest BCUT2D eigenvalue weighted by molar-refractivity contribution is 0.479. The van der Waals surface area contributed by atoms with Crippen molar-refractivity contribution in [3.8, 4) is 46.5 Å². The molecular formula is C40H24N4O2. The summed E-state index contributed by atoms with van der Waals surface area (Å²) in [6.07, 6.45) is 0. The molecule has 0 fully saturated rings. The first-order chi connectivity index (χ1) is 22.7. The highest BCUT2D eigenvalue weighted by molar-refractivity contribution is 6.22. The predicted molar refractivity (Wildman–Crippen MR) is 180 cm³/mol. The molecular weight excluding hydrogens is 568 g/mol. The molecule has 0 aliphatic rings. The Hall–Kier alpha value is -6.76. The van der Waals surface area contributed by atoms with Gasteiger partial charge in [0.05, 0.1) is 45.7 Å². The number of aromatic nitrogens is 2. The van der Waals surface area contributed by atoms with E-state index in [4.69, 9.17) is 9.47 Å². The lowest BCUT2D eigenvalue weighted by atomic mass is 10.1. The molecule has 6 heteroatoms. The lowest BCUT2D eigenvalue weighted by Crippen LogP contribution is -2.04. The van der Waals surface area contributed by atoms with Gasteiger partial charge in [0.15, 0.2) is 11.5 Å². The van der Waals surface area contributed by atoms with Crippen LogP contribution < -0.4 is 9.47 Å². The minimum absolute atomic E-state index is 0.574. The summed E-state index contributed by atoms with van der Waals surface area (Å²) >= 11 is 0. The van der Waals surface area contributed by atoms with Crippen molar-refractivity contribution in [1.82, 2.24) is 9.13 Å². The van der Waals surface area contributed by atoms with E-state index in [-0.39, 0.29) is 0 Å². The van der Waals surface area contributed by atoms with Crippen molar-refractivity contribution in [2.75, 3.05) is 0 Å². The Bertz CT molecular complexity index is 2320. The molecule has 0 radical (unpaired) electrons. The van der Waals surface area contributed by atoms with Crippen molar-refractivity contribution < 1.29 is 9.47 Å². The fourth-order valence-electron chi connectivity index (χ4n) is 6.09. The molecule has 0 aliphatic carbocycles. The third kappa shape index (κ3) is 4.42. The molecule has 0 saturated carbocycles. The van der Waals surface area contributed by atoms with Crippen LogP contribution in [0.25, 0.3) is 44.2 Å². The normalized spacial score (nSPS) is 11.0. The molecule has 2 aromatic heterocycles. The maximum atomic E-state index is 9.27. The number of rotatable bonds is 6. The molecule has 216 valence electrons. The molecule has 0 unspecified atom stereocenters. The molecule has 6 aromatic carbocycles. The summed E-state index contributed by atoms with van der Waals surface area (Å²) in [6.45, 7) is 0. The molecule has 0 bridgehead atoms. The minimum atomic E-state index is 0.574. The quantitative estimate of drug-likeness (QED) is 0.193. The SMILES string of the molecule is N#Cc1ccc(Oc2ccccc2-n2c3ccccc3c3c4ccccc4n(-c4ccccc4Oc4ccc(C#N)cc4)c32)cc1. The number of nitriles is 2. The van der Waals surface area contributed by atoms with E-state index in [1.54, 1.807) is 24.3 Å². The van der Waals surface area contributed by atoms with Crippen LogP contribution in [0.4, 0.5) is 0 Å². The molecule has 0 spiro atoms. The van der Waals surface area contributed by atoms with E-state index < -0.39 is 0 Å². The van der Waals surface area contributed by atoms with Crippen LogP contribution in [-0.4, -0.2) is 9.13 Å². The summed E-state index contributed by atoms with van der Waals surface area (Å²) in [7, 11) is 0. The van der Waals surface area contributed by atoms with Gasteiger partial charge < -0.3 is 9.47 Å². The maximum Gasteiger partial charge on any atom is 0.151 e. The van der Waals surface area contributed by atoms with Crippen molar-refractivity contribution >= 4 is 32.8 Å². The van der Waals surface area contributed by atoms with Crippen LogP contribution in [0.2, 0.25) is 0 Å². The van der Waals surface area contributed by atoms with E-state index in [1.807, 2.05) is 60.7 Å². The zero-order valence-corrected chi connectivity index (χ0v) is 24.5. The Kier molecular flexibility index (Phi) is 6.45. The molecule has 46 heavy (non-hydrogen) atoms. The zero-order valence-electron chi connectivity index (χ0n) is 24.5. The number of hydrogen-bond donors (Lipinski definition) is 0. The molecule has 8 rings (SSSR count). The lowest BCUT2D eigenvalue weighted by Gasteiger charge is -2.18. The smallest absolute Gasteiger partial charge is 0.151 e. The van der Waals surface area contributed by atoms with Crippen molar-refractivity contribution in [1.29, 1.82) is 10.5 Å². The van der Waals surface area contributed by atoms with Gasteiger partial charge in [-0.05, 0) is 84.9 Å². The fourth-order valence-corrected chi connectivity index (χ4v) is 6.09. The first-order valence-corrected chi connectivity index (χ1v) is 14.8. The number of benzene rings is 6. The van der Waals surface area contributed by atoms with Gasteiger partial charge in [0.1, 0.15) is 17.1 Å². The van der Waals surface area contributed by atoms with Gasteiger partial charge in [0.25, 0.3) is 0 Å². The van der Waals surface area contributed by atoms with Gasteiger partial charge in [-0.25, -0.2) is 0 Å². The van der Waals surface area contributed by atoms with Crippen molar-refractivity contribution in [2.45, 2.75) is 0 Å². The number of para-hydroxylation sites is 6. The van der Waals surface area contributed by atoms with Crippen molar-refractivity contribution in [3.05, 3.63) is 157 Å². The number of fused-ring (bicyclic) bond motifs is 5. The zero-order chi connectivity index (χ0) is 31.0. The largest absolute Gasteiger partial charge is 0.455 e. The third-order valence-corrected chi connectivity index (χ3v) is 8.11. The van der Waals surface area contributed by atoms with Crippen molar-refractivity contribution in [2.24, 2.45) is 0 Å². The third-order valence-electron chi connectivity index (χ3n) is 8.11. The van der Waals surface area contributed by atoms with Crippen LogP contribution in [0, 0.1) is 22.7 Å². The predicted octanol–water partition coefficient (Wildman–Crippen LogP) is 10.1. The van der Waals surface area contributed by atoms with Gasteiger partial charge in [0, 0.05) is 16.2 Å². The highest BCUT2D eigenvalue weighted by atomic mass is 16.5. The van der Waals surface area contributed by atoms with E-state index in [2.05, 4.69) is 81.9 Å². The molecule has 6 nitrogen and oxygen atoms in total. The number of ether oxygens (including phenoxy) is 2. The summed E-state index contributed by atoms with van der Waals surface area (Å²) in [5.74, 6) is 2.63. The second-order valence-corrected chi connectivity index (χ2v) is 10.8. The molecule has 0 saturated heterocycles. The molecule has 0 aliphatic heterocycles. The number of nitrogens with zero attached hydrogens (tertiary/aromatic N) is 4. The van der Waals surface area contributed by atoms with Crippen LogP contribution in [-0.2, 0) is 0 Å². The van der Waals surface area contributed by atoms with Crippen LogP contribution in [0.15, 0.2) is 146 Å². The second kappa shape index (κ2) is 11.1. The summed E-state index contributed by atoms with van der Waals surface area (Å²) in [6, 6.07) is 51.4. The Labute approximate surface area is 264 Å². The van der Waals surface area contributed by atoms with E-state index in [1.165, 1.54) is 0 Å². The van der Waals surface area contributed by atoms with Gasteiger partial charge in [-0.15, -0.1) is 0 Å². The van der Waals surface area contributed by atoms with Crippen molar-refractivity contribution in [3.63, 3.8) is 0 Å². The Balaban J connectivity index is 1.41. The highest BCUT2D eigenvalue weighted by Gasteiger charge is 2.24. The molecule has 0 N–H and O–H groups in total. The maximum absolute atomic E-state index is 9.27. The highest BCUT2D eigenvalue weighted by Crippen LogP contribution is 2.44. The summed E-state index contributed by atoms with van der Waals surface area (Å²) in [5.41, 5.74) is 5.92. The van der Waals surface area contributed by atoms with Crippen LogP contribution >= 0.6 is 0 Å². The molecule has 0 amide bonds. The Morgan fingerprint density at radius 1 is 0.435 bits per heavy atom. The Morgan fingerprint density at radius 3 is 1.26 bits per heavy atom. The van der Waals surface area contributed by atoms with Gasteiger partial charge in [0.2, 0.25) is 0 Å². The van der Waals surface area contributed by atoms with Gasteiger partial charge in [-0.1, -0.05) is 60.7 Å². The summed E-state index contributed by atoms with van der Waals surface area (Å²) in [5, 5.41) is 21.9. The monoisotopic (exact) mass is 592 g/mol. The average molecular weight is 593 g/mol. The van der Waals surface area contributed by atoms with E-state index in [9.17, 15) is 10.5 Å². The average Bonchev–Trinajstić information content (AvgIpc) is 3.62. The molecule has 0 atom stereocenters. The first kappa shape index (κ1) is 26.8. The van der Waals surface area contributed by atoms with E-state index in [0.717, 1.165) is 44.2 Å². The van der Waals surface area contributed by atoms with Gasteiger partial charge >= 0.3 is 0 Å². The topological polar surface area (TPSA) is 75.9 Å². The molecule has 2 heterocycles. The second-order valence-electron chi connectivity index (χ2n) is 10.8. The van der Waals surface area contributed by atoms with Crippen LogP contribution in [0.1, 0.15) is 11.1 Å². The van der Waals surface area contributed by atoms with E-state index in [0.29, 0.717) is 34.1 Å². The van der Waals surface area contributed by atoms with Gasteiger partial charge in [-0.3, -0.25) is 9.13 Å². The number of hydrogen-bond acceptors (Lipinski definition) is 4.